The molecule has 0 bridgehead atoms. The Balaban J connectivity index is 1.71. The predicted molar refractivity (Wildman–Crippen MR) is 164 cm³/mol. The van der Waals surface area contributed by atoms with Gasteiger partial charge in [-0.3, -0.25) is 13.9 Å². The minimum atomic E-state index is -4.22. The molecule has 0 spiro atoms. The lowest BCUT2D eigenvalue weighted by Crippen LogP contribution is -2.52. The number of aryl methyl sites for hydroxylation is 1. The zero-order valence-corrected chi connectivity index (χ0v) is 25.9. The Morgan fingerprint density at radius 1 is 0.951 bits per heavy atom. The summed E-state index contributed by atoms with van der Waals surface area (Å²) in [5.74, 6) is -0.915. The van der Waals surface area contributed by atoms with Gasteiger partial charge in [0.1, 0.15) is 12.6 Å². The average Bonchev–Trinajstić information content (AvgIpc) is 3.44. The Morgan fingerprint density at radius 2 is 1.61 bits per heavy atom. The fourth-order valence-electron chi connectivity index (χ4n) is 4.81. The van der Waals surface area contributed by atoms with Crippen molar-refractivity contribution in [2.45, 2.75) is 63.1 Å². The predicted octanol–water partition coefficient (Wildman–Crippen LogP) is 6.63. The summed E-state index contributed by atoms with van der Waals surface area (Å²) < 4.78 is 28.8. The van der Waals surface area contributed by atoms with E-state index in [4.69, 9.17) is 34.8 Å². The highest BCUT2D eigenvalue weighted by Gasteiger charge is 2.34. The fraction of sp³-hybridized carbons (Fsp3) is 0.333. The molecule has 0 aromatic heterocycles. The molecule has 2 amide bonds. The van der Waals surface area contributed by atoms with Crippen LogP contribution < -0.4 is 9.62 Å². The van der Waals surface area contributed by atoms with E-state index in [1.807, 2.05) is 6.92 Å². The summed E-state index contributed by atoms with van der Waals surface area (Å²) in [6.45, 7) is 2.85. The van der Waals surface area contributed by atoms with Crippen molar-refractivity contribution < 1.29 is 18.0 Å². The molecule has 0 unspecified atom stereocenters. The van der Waals surface area contributed by atoms with Gasteiger partial charge < -0.3 is 10.2 Å². The van der Waals surface area contributed by atoms with Crippen molar-refractivity contribution in [1.29, 1.82) is 0 Å². The molecule has 1 aliphatic rings. The molecular formula is C30H32Cl3N3O4S. The van der Waals surface area contributed by atoms with Crippen LogP contribution >= 0.6 is 34.8 Å². The van der Waals surface area contributed by atoms with Crippen molar-refractivity contribution in [3.05, 3.63) is 92.9 Å². The first-order chi connectivity index (χ1) is 19.5. The highest BCUT2D eigenvalue weighted by atomic mass is 35.5. The summed E-state index contributed by atoms with van der Waals surface area (Å²) in [6, 6.07) is 16.8. The second kappa shape index (κ2) is 13.5. The zero-order valence-electron chi connectivity index (χ0n) is 22.8. The van der Waals surface area contributed by atoms with Gasteiger partial charge in [0, 0.05) is 22.6 Å². The van der Waals surface area contributed by atoms with Gasteiger partial charge in [-0.05, 0) is 68.7 Å². The lowest BCUT2D eigenvalue weighted by atomic mass is 10.1. The van der Waals surface area contributed by atoms with Gasteiger partial charge in [0.15, 0.2) is 0 Å². The number of hydrogen-bond acceptors (Lipinski definition) is 4. The van der Waals surface area contributed by atoms with Crippen LogP contribution in [0.4, 0.5) is 5.69 Å². The monoisotopic (exact) mass is 635 g/mol. The van der Waals surface area contributed by atoms with Crippen LogP contribution in [0.15, 0.2) is 71.6 Å². The Morgan fingerprint density at radius 3 is 2.24 bits per heavy atom. The number of benzene rings is 3. The summed E-state index contributed by atoms with van der Waals surface area (Å²) in [7, 11) is -4.22. The Hall–Kier alpha value is -2.78. The quantitative estimate of drug-likeness (QED) is 0.271. The lowest BCUT2D eigenvalue weighted by molar-refractivity contribution is -0.139. The molecule has 3 aromatic rings. The van der Waals surface area contributed by atoms with Crippen LogP contribution in [0.2, 0.25) is 15.1 Å². The molecule has 0 aliphatic heterocycles. The van der Waals surface area contributed by atoms with E-state index in [2.05, 4.69) is 5.32 Å². The van der Waals surface area contributed by atoms with E-state index in [9.17, 15) is 18.0 Å². The van der Waals surface area contributed by atoms with Crippen molar-refractivity contribution in [1.82, 2.24) is 10.2 Å². The Kier molecular flexibility index (Phi) is 10.2. The molecule has 1 saturated carbocycles. The fourth-order valence-corrected chi connectivity index (χ4v) is 7.00. The minimum absolute atomic E-state index is 0.00939. The molecule has 1 atom stereocenters. The van der Waals surface area contributed by atoms with Crippen LogP contribution in [-0.4, -0.2) is 43.8 Å². The van der Waals surface area contributed by atoms with Gasteiger partial charge in [-0.25, -0.2) is 8.42 Å². The molecule has 4 rings (SSSR count). The molecule has 7 nitrogen and oxygen atoms in total. The number of para-hydroxylation sites is 1. The number of rotatable bonds is 10. The van der Waals surface area contributed by atoms with Crippen LogP contribution in [0.5, 0.6) is 0 Å². The topological polar surface area (TPSA) is 86.8 Å². The number of carbonyl (C=O) groups excluding carboxylic acids is 2. The first-order valence-corrected chi connectivity index (χ1v) is 15.9. The van der Waals surface area contributed by atoms with E-state index < -0.39 is 28.5 Å². The molecule has 3 aromatic carbocycles. The second-order valence-electron chi connectivity index (χ2n) is 10.2. The standard InChI is InChI=1S/C30H32Cl3N3O4S/c1-20-11-15-25(16-12-20)41(39,40)36(28-10-6-5-9-26(28)32)19-29(37)35(18-22-13-14-23(31)17-27(22)33)21(2)30(38)34-24-7-3-4-8-24/h5-6,9-17,21,24H,3-4,7-8,18-19H2,1-2H3,(H,34,38)/t21-/m1/s1. The van der Waals surface area contributed by atoms with Gasteiger partial charge in [-0.1, -0.05) is 83.5 Å². The summed E-state index contributed by atoms with van der Waals surface area (Å²) in [6.07, 6.45) is 3.83. The van der Waals surface area contributed by atoms with Crippen LogP contribution in [0.1, 0.15) is 43.7 Å². The van der Waals surface area contributed by atoms with Crippen molar-refractivity contribution in [2.24, 2.45) is 0 Å². The van der Waals surface area contributed by atoms with Crippen molar-refractivity contribution >= 4 is 62.3 Å². The normalized spacial score (nSPS) is 14.5. The summed E-state index contributed by atoms with van der Waals surface area (Å²) in [5.41, 5.74) is 1.60. The second-order valence-corrected chi connectivity index (χ2v) is 13.3. The van der Waals surface area contributed by atoms with E-state index in [1.165, 1.54) is 23.1 Å². The number of nitrogens with zero attached hydrogens (tertiary/aromatic N) is 2. The van der Waals surface area contributed by atoms with Gasteiger partial charge in [-0.15, -0.1) is 0 Å². The Labute approximate surface area is 256 Å². The maximum Gasteiger partial charge on any atom is 0.264 e. The molecule has 0 saturated heterocycles. The summed E-state index contributed by atoms with van der Waals surface area (Å²) >= 11 is 19.0. The van der Waals surface area contributed by atoms with E-state index in [0.717, 1.165) is 35.6 Å². The maximum absolute atomic E-state index is 14.1. The van der Waals surface area contributed by atoms with Crippen molar-refractivity contribution in [3.63, 3.8) is 0 Å². The summed E-state index contributed by atoms with van der Waals surface area (Å²) in [5, 5.41) is 3.96. The number of hydrogen-bond donors (Lipinski definition) is 1. The molecule has 1 aliphatic carbocycles. The zero-order chi connectivity index (χ0) is 29.7. The highest BCUT2D eigenvalue weighted by Crippen LogP contribution is 2.31. The van der Waals surface area contributed by atoms with Crippen molar-refractivity contribution in [3.8, 4) is 0 Å². The third-order valence-corrected chi connectivity index (χ3v) is 9.91. The molecule has 1 N–H and O–H groups in total. The molecule has 41 heavy (non-hydrogen) atoms. The SMILES string of the molecule is Cc1ccc(S(=O)(=O)N(CC(=O)N(Cc2ccc(Cl)cc2Cl)[C@H](C)C(=O)NC2CCCC2)c2ccccc2Cl)cc1. The molecule has 0 heterocycles. The Bertz CT molecular complexity index is 1510. The van der Waals surface area contributed by atoms with Gasteiger partial charge in [0.2, 0.25) is 11.8 Å². The highest BCUT2D eigenvalue weighted by molar-refractivity contribution is 7.92. The number of sulfonamides is 1. The van der Waals surface area contributed by atoms with Crippen LogP contribution in [-0.2, 0) is 26.2 Å². The van der Waals surface area contributed by atoms with Gasteiger partial charge in [-0.2, -0.15) is 0 Å². The summed E-state index contributed by atoms with van der Waals surface area (Å²) in [4.78, 5) is 28.7. The van der Waals surface area contributed by atoms with Crippen molar-refractivity contribution in [2.75, 3.05) is 10.8 Å². The van der Waals surface area contributed by atoms with Gasteiger partial charge in [0.25, 0.3) is 10.0 Å². The first-order valence-electron chi connectivity index (χ1n) is 13.3. The average molecular weight is 637 g/mol. The van der Waals surface area contributed by atoms with E-state index in [-0.39, 0.29) is 34.1 Å². The smallest absolute Gasteiger partial charge is 0.264 e. The third-order valence-electron chi connectivity index (χ3n) is 7.23. The lowest BCUT2D eigenvalue weighted by Gasteiger charge is -2.33. The minimum Gasteiger partial charge on any atom is -0.352 e. The number of halogens is 3. The number of nitrogens with one attached hydrogen (secondary N) is 1. The van der Waals surface area contributed by atoms with Crippen LogP contribution in [0.3, 0.4) is 0 Å². The largest absolute Gasteiger partial charge is 0.352 e. The third kappa shape index (κ3) is 7.55. The van der Waals surface area contributed by atoms with E-state index in [0.29, 0.717) is 15.6 Å². The first kappa shape index (κ1) is 31.2. The van der Waals surface area contributed by atoms with Crippen LogP contribution in [0.25, 0.3) is 0 Å². The van der Waals surface area contributed by atoms with Gasteiger partial charge >= 0.3 is 0 Å². The van der Waals surface area contributed by atoms with Crippen LogP contribution in [0, 0.1) is 6.92 Å². The molecular weight excluding hydrogens is 605 g/mol. The van der Waals surface area contributed by atoms with E-state index >= 15 is 0 Å². The van der Waals surface area contributed by atoms with Gasteiger partial charge in [0.05, 0.1) is 15.6 Å². The molecule has 218 valence electrons. The number of carbonyl (C=O) groups is 2. The number of amides is 2. The molecule has 0 radical (unpaired) electrons. The molecule has 1 fully saturated rings. The maximum atomic E-state index is 14.1. The van der Waals surface area contributed by atoms with E-state index in [1.54, 1.807) is 55.5 Å². The molecule has 11 heteroatoms. The number of anilines is 1.